The molecule has 104 valence electrons. The Morgan fingerprint density at radius 3 is 2.83 bits per heavy atom. The molecule has 2 rings (SSSR count). The van der Waals surface area contributed by atoms with Crippen LogP contribution in [-0.4, -0.2) is 59.9 Å². The van der Waals surface area contributed by atoms with Gasteiger partial charge in [-0.1, -0.05) is 0 Å². The quantitative estimate of drug-likeness (QED) is 0.734. The van der Waals surface area contributed by atoms with Crippen molar-refractivity contribution in [1.82, 2.24) is 10.2 Å². The molecule has 1 aliphatic heterocycles. The van der Waals surface area contributed by atoms with Gasteiger partial charge in [0.25, 0.3) is 0 Å². The molecule has 0 aromatic carbocycles. The van der Waals surface area contributed by atoms with E-state index in [1.807, 2.05) is 13.8 Å². The predicted octanol–water partition coefficient (Wildman–Crippen LogP) is 0.127. The zero-order chi connectivity index (χ0) is 13.2. The molecular weight excluding hydrogens is 232 g/mol. The molecule has 1 saturated carbocycles. The van der Waals surface area contributed by atoms with Gasteiger partial charge in [-0.2, -0.15) is 0 Å². The second-order valence-corrected chi connectivity index (χ2v) is 6.01. The van der Waals surface area contributed by atoms with Crippen LogP contribution in [0.3, 0.4) is 0 Å². The van der Waals surface area contributed by atoms with Gasteiger partial charge in [-0.25, -0.2) is 0 Å². The van der Waals surface area contributed by atoms with Crippen molar-refractivity contribution in [2.45, 2.75) is 50.9 Å². The van der Waals surface area contributed by atoms with Gasteiger partial charge < -0.3 is 15.2 Å². The maximum Gasteiger partial charge on any atom is 0.221 e. The van der Waals surface area contributed by atoms with Gasteiger partial charge in [0.05, 0.1) is 18.3 Å². The molecule has 5 heteroatoms. The van der Waals surface area contributed by atoms with Crippen LogP contribution in [0, 0.1) is 0 Å². The third-order valence-corrected chi connectivity index (χ3v) is 3.35. The minimum atomic E-state index is -0.251. The van der Waals surface area contributed by atoms with Gasteiger partial charge in [0, 0.05) is 32.1 Å². The Hall–Kier alpha value is -0.650. The van der Waals surface area contributed by atoms with E-state index in [2.05, 4.69) is 10.2 Å². The summed E-state index contributed by atoms with van der Waals surface area (Å²) in [5, 5.41) is 12.2. The van der Waals surface area contributed by atoms with Crippen LogP contribution in [0.4, 0.5) is 0 Å². The number of hydrogen-bond acceptors (Lipinski definition) is 4. The van der Waals surface area contributed by atoms with Crippen LogP contribution >= 0.6 is 0 Å². The maximum absolute atomic E-state index is 11.6. The second-order valence-electron chi connectivity index (χ2n) is 6.01. The molecule has 1 heterocycles. The number of carbonyl (C=O) groups excluding carboxylic acids is 1. The van der Waals surface area contributed by atoms with Gasteiger partial charge in [0.1, 0.15) is 0 Å². The number of ether oxygens (including phenoxy) is 1. The Balaban J connectivity index is 1.75. The number of morpholine rings is 1. The van der Waals surface area contributed by atoms with Crippen molar-refractivity contribution in [3.8, 4) is 0 Å². The Kier molecular flexibility index (Phi) is 4.25. The van der Waals surface area contributed by atoms with Crippen molar-refractivity contribution in [1.29, 1.82) is 0 Å². The van der Waals surface area contributed by atoms with E-state index in [-0.39, 0.29) is 24.2 Å². The number of nitrogens with zero attached hydrogens (tertiary/aromatic N) is 1. The van der Waals surface area contributed by atoms with E-state index in [0.717, 1.165) is 25.9 Å². The lowest BCUT2D eigenvalue weighted by molar-refractivity contribution is -0.150. The summed E-state index contributed by atoms with van der Waals surface area (Å²) in [6, 6.07) is 0.434. The summed E-state index contributed by atoms with van der Waals surface area (Å²) in [7, 11) is 0. The first-order valence-electron chi connectivity index (χ1n) is 6.79. The summed E-state index contributed by atoms with van der Waals surface area (Å²) in [6.07, 6.45) is 2.65. The van der Waals surface area contributed by atoms with Gasteiger partial charge in [-0.15, -0.1) is 0 Å². The molecule has 0 radical (unpaired) electrons. The predicted molar refractivity (Wildman–Crippen MR) is 68.3 cm³/mol. The van der Waals surface area contributed by atoms with Gasteiger partial charge in [-0.3, -0.25) is 9.69 Å². The SMILES string of the molecule is CC1(C)CN(CCC(=O)NC2CC2)CC(CO)O1. The maximum atomic E-state index is 11.6. The Morgan fingerprint density at radius 2 is 2.22 bits per heavy atom. The van der Waals surface area contributed by atoms with Gasteiger partial charge in [0.15, 0.2) is 0 Å². The number of aliphatic hydroxyl groups excluding tert-OH is 1. The molecule has 2 N–H and O–H groups in total. The smallest absolute Gasteiger partial charge is 0.221 e. The molecule has 1 atom stereocenters. The highest BCUT2D eigenvalue weighted by Gasteiger charge is 2.33. The highest BCUT2D eigenvalue weighted by molar-refractivity contribution is 5.76. The van der Waals surface area contributed by atoms with E-state index in [4.69, 9.17) is 4.74 Å². The van der Waals surface area contributed by atoms with Crippen LogP contribution in [-0.2, 0) is 9.53 Å². The summed E-state index contributed by atoms with van der Waals surface area (Å²) in [4.78, 5) is 13.8. The first-order chi connectivity index (χ1) is 8.48. The third kappa shape index (κ3) is 4.23. The van der Waals surface area contributed by atoms with Crippen molar-refractivity contribution < 1.29 is 14.6 Å². The van der Waals surface area contributed by atoms with Crippen LogP contribution in [0.5, 0.6) is 0 Å². The molecule has 2 aliphatic rings. The fourth-order valence-electron chi connectivity index (χ4n) is 2.47. The molecule has 18 heavy (non-hydrogen) atoms. The number of amides is 1. The normalized spacial score (nSPS) is 28.1. The van der Waals surface area contributed by atoms with Crippen molar-refractivity contribution >= 4 is 5.91 Å². The highest BCUT2D eigenvalue weighted by Crippen LogP contribution is 2.21. The molecule has 0 aromatic rings. The van der Waals surface area contributed by atoms with E-state index in [1.165, 1.54) is 0 Å². The van der Waals surface area contributed by atoms with Crippen LogP contribution in [0.25, 0.3) is 0 Å². The van der Waals surface area contributed by atoms with Crippen LogP contribution < -0.4 is 5.32 Å². The highest BCUT2D eigenvalue weighted by atomic mass is 16.5. The minimum Gasteiger partial charge on any atom is -0.394 e. The van der Waals surface area contributed by atoms with Crippen molar-refractivity contribution in [2.75, 3.05) is 26.2 Å². The number of carbonyl (C=O) groups is 1. The Labute approximate surface area is 108 Å². The number of nitrogens with one attached hydrogen (secondary N) is 1. The standard InChI is InChI=1S/C13H24N2O3/c1-13(2)9-15(7-11(8-16)18-13)6-5-12(17)14-10-3-4-10/h10-11,16H,3-9H2,1-2H3,(H,14,17). The zero-order valence-electron chi connectivity index (χ0n) is 11.3. The second kappa shape index (κ2) is 5.55. The van der Waals surface area contributed by atoms with E-state index < -0.39 is 0 Å². The first kappa shape index (κ1) is 13.8. The molecular formula is C13H24N2O3. The Bertz CT molecular complexity index is 303. The molecule has 5 nitrogen and oxygen atoms in total. The lowest BCUT2D eigenvalue weighted by Crippen LogP contribution is -2.54. The lowest BCUT2D eigenvalue weighted by atomic mass is 10.1. The van der Waals surface area contributed by atoms with Crippen molar-refractivity contribution in [2.24, 2.45) is 0 Å². The lowest BCUT2D eigenvalue weighted by Gasteiger charge is -2.42. The molecule has 0 aromatic heterocycles. The summed E-state index contributed by atoms with van der Waals surface area (Å²) < 4.78 is 5.74. The third-order valence-electron chi connectivity index (χ3n) is 3.35. The minimum absolute atomic E-state index is 0.0359. The Morgan fingerprint density at radius 1 is 1.50 bits per heavy atom. The van der Waals surface area contributed by atoms with Crippen molar-refractivity contribution in [3.05, 3.63) is 0 Å². The number of hydrogen-bond donors (Lipinski definition) is 2. The van der Waals surface area contributed by atoms with Crippen molar-refractivity contribution in [3.63, 3.8) is 0 Å². The summed E-state index contributed by atoms with van der Waals surface area (Å²) in [5.74, 6) is 0.141. The topological polar surface area (TPSA) is 61.8 Å². The molecule has 1 aliphatic carbocycles. The summed E-state index contributed by atoms with van der Waals surface area (Å²) in [6.45, 7) is 6.32. The average molecular weight is 256 g/mol. The molecule has 0 spiro atoms. The largest absolute Gasteiger partial charge is 0.394 e. The number of rotatable bonds is 5. The summed E-state index contributed by atoms with van der Waals surface area (Å²) in [5.41, 5.74) is -0.251. The van der Waals surface area contributed by atoms with Gasteiger partial charge in [0.2, 0.25) is 5.91 Å². The molecule has 0 bridgehead atoms. The molecule has 1 saturated heterocycles. The van der Waals surface area contributed by atoms with E-state index in [0.29, 0.717) is 19.0 Å². The zero-order valence-corrected chi connectivity index (χ0v) is 11.3. The fraction of sp³-hybridized carbons (Fsp3) is 0.923. The average Bonchev–Trinajstić information content (AvgIpc) is 3.08. The van der Waals surface area contributed by atoms with E-state index in [9.17, 15) is 9.90 Å². The van der Waals surface area contributed by atoms with Gasteiger partial charge in [-0.05, 0) is 26.7 Å². The fourth-order valence-corrected chi connectivity index (χ4v) is 2.47. The number of aliphatic hydroxyl groups is 1. The van der Waals surface area contributed by atoms with Gasteiger partial charge >= 0.3 is 0 Å². The first-order valence-corrected chi connectivity index (χ1v) is 6.79. The van der Waals surface area contributed by atoms with Crippen LogP contribution in [0.2, 0.25) is 0 Å². The molecule has 1 unspecified atom stereocenters. The van der Waals surface area contributed by atoms with Crippen LogP contribution in [0.15, 0.2) is 0 Å². The van der Waals surface area contributed by atoms with Crippen LogP contribution in [0.1, 0.15) is 33.1 Å². The van der Waals surface area contributed by atoms with E-state index >= 15 is 0 Å². The molecule has 1 amide bonds. The van der Waals surface area contributed by atoms with E-state index in [1.54, 1.807) is 0 Å². The summed E-state index contributed by atoms with van der Waals surface area (Å²) >= 11 is 0. The monoisotopic (exact) mass is 256 g/mol. The molecule has 2 fully saturated rings.